The molecule has 6 heteroatoms. The number of hydrogen-bond acceptors (Lipinski definition) is 3. The van der Waals surface area contributed by atoms with Crippen LogP contribution in [0.3, 0.4) is 0 Å². The van der Waals surface area contributed by atoms with E-state index in [1.165, 1.54) is 19.4 Å². The summed E-state index contributed by atoms with van der Waals surface area (Å²) in [5, 5.41) is 3.12. The maximum absolute atomic E-state index is 13.6. The van der Waals surface area contributed by atoms with Crippen LogP contribution in [0.25, 0.3) is 44.2 Å². The Morgan fingerprint density at radius 2 is 1.62 bits per heavy atom. The predicted molar refractivity (Wildman–Crippen MR) is 155 cm³/mol. The highest BCUT2D eigenvalue weighted by atomic mass is 19.4. The number of aromatic nitrogens is 2. The molecular formula is C34H35F3N2O. The Bertz CT molecular complexity index is 1740. The van der Waals surface area contributed by atoms with Crippen LogP contribution in [0.4, 0.5) is 13.2 Å². The molecule has 3 nitrogen and oxygen atoms in total. The smallest absolute Gasteiger partial charge is 0.393 e. The van der Waals surface area contributed by atoms with Crippen molar-refractivity contribution in [3.63, 3.8) is 0 Å². The minimum atomic E-state index is -4.20. The molecule has 0 unspecified atom stereocenters. The monoisotopic (exact) mass is 544 g/mol. The molecule has 0 aliphatic heterocycles. The summed E-state index contributed by atoms with van der Waals surface area (Å²) >= 11 is 0. The minimum absolute atomic E-state index is 0.150. The number of hydrogen-bond donors (Lipinski definition) is 0. The molecule has 3 heterocycles. The molecule has 0 spiro atoms. The van der Waals surface area contributed by atoms with Crippen LogP contribution in [0.5, 0.6) is 0 Å². The Balaban J connectivity index is 1.32. The lowest BCUT2D eigenvalue weighted by Gasteiger charge is -2.42. The molecule has 1 saturated carbocycles. The van der Waals surface area contributed by atoms with Gasteiger partial charge in [0, 0.05) is 33.3 Å². The summed E-state index contributed by atoms with van der Waals surface area (Å²) in [6, 6.07) is 18.7. The van der Waals surface area contributed by atoms with E-state index in [1.807, 2.05) is 19.1 Å². The standard InChI is InChI=1S/C34H35F3N2O/c1-20-17-25-24-10-11-27(22-13-15-33(5,16-14-22)19-32(3,4)34(35,36)37)39-31(24)40-30(25)26(18-20)29-12-9-23-21(2)7-6-8-28(23)38-29/h6-12,17-18,22H,13-16,19H2,1-5H3. The van der Waals surface area contributed by atoms with Gasteiger partial charge in [-0.15, -0.1) is 0 Å². The van der Waals surface area contributed by atoms with Gasteiger partial charge in [-0.05, 0) is 98.9 Å². The number of benzene rings is 2. The number of aryl methyl sites for hydroxylation is 2. The Hall–Kier alpha value is -3.41. The molecular weight excluding hydrogens is 509 g/mol. The summed E-state index contributed by atoms with van der Waals surface area (Å²) in [6.45, 7) is 8.83. The zero-order chi connectivity index (χ0) is 28.4. The fourth-order valence-electron chi connectivity index (χ4n) is 6.75. The molecule has 3 aromatic heterocycles. The predicted octanol–water partition coefficient (Wildman–Crippen LogP) is 10.5. The minimum Gasteiger partial charge on any atom is -0.437 e. The molecule has 6 rings (SSSR count). The maximum Gasteiger partial charge on any atom is 0.393 e. The van der Waals surface area contributed by atoms with Crippen LogP contribution >= 0.6 is 0 Å². The van der Waals surface area contributed by atoms with Gasteiger partial charge in [0.1, 0.15) is 5.58 Å². The highest BCUT2D eigenvalue weighted by molar-refractivity contribution is 6.09. The molecule has 2 aromatic carbocycles. The molecule has 1 aliphatic carbocycles. The summed E-state index contributed by atoms with van der Waals surface area (Å²) < 4.78 is 47.1. The Kier molecular flexibility index (Phi) is 6.24. The topological polar surface area (TPSA) is 38.9 Å². The molecule has 0 amide bonds. The molecule has 0 bridgehead atoms. The van der Waals surface area contributed by atoms with Crippen LogP contribution in [0.2, 0.25) is 0 Å². The summed E-state index contributed by atoms with van der Waals surface area (Å²) in [5.41, 5.74) is 5.39. The lowest BCUT2D eigenvalue weighted by molar-refractivity contribution is -0.222. The van der Waals surface area contributed by atoms with Gasteiger partial charge >= 0.3 is 6.18 Å². The third kappa shape index (κ3) is 4.65. The summed E-state index contributed by atoms with van der Waals surface area (Å²) in [6.07, 6.45) is -0.876. The quantitative estimate of drug-likeness (QED) is 0.226. The lowest BCUT2D eigenvalue weighted by Crippen LogP contribution is -2.38. The normalized spacial score (nSPS) is 20.6. The van der Waals surface area contributed by atoms with E-state index in [-0.39, 0.29) is 17.8 Å². The van der Waals surface area contributed by atoms with Gasteiger partial charge in [-0.1, -0.05) is 39.0 Å². The van der Waals surface area contributed by atoms with Gasteiger partial charge in [-0.25, -0.2) is 9.97 Å². The third-order valence-corrected chi connectivity index (χ3v) is 9.08. The zero-order valence-electron chi connectivity index (χ0n) is 23.7. The first-order chi connectivity index (χ1) is 18.8. The van der Waals surface area contributed by atoms with E-state index in [1.54, 1.807) is 0 Å². The lowest BCUT2D eigenvalue weighted by atomic mass is 9.64. The number of fused-ring (bicyclic) bond motifs is 4. The van der Waals surface area contributed by atoms with E-state index in [9.17, 15) is 13.2 Å². The Labute approximate surface area is 232 Å². The third-order valence-electron chi connectivity index (χ3n) is 9.08. The van der Waals surface area contributed by atoms with Gasteiger partial charge in [0.25, 0.3) is 0 Å². The van der Waals surface area contributed by atoms with E-state index in [2.05, 4.69) is 56.3 Å². The second-order valence-electron chi connectivity index (χ2n) is 12.9. The number of alkyl halides is 3. The van der Waals surface area contributed by atoms with Crippen molar-refractivity contribution in [2.24, 2.45) is 10.8 Å². The van der Waals surface area contributed by atoms with Crippen LogP contribution in [0.1, 0.15) is 75.6 Å². The van der Waals surface area contributed by atoms with E-state index in [0.717, 1.165) is 75.5 Å². The van der Waals surface area contributed by atoms with E-state index < -0.39 is 11.6 Å². The average Bonchev–Trinajstić information content (AvgIpc) is 3.25. The first kappa shape index (κ1) is 26.8. The molecule has 5 aromatic rings. The number of nitrogens with zero attached hydrogens (tertiary/aromatic N) is 2. The zero-order valence-corrected chi connectivity index (χ0v) is 23.7. The maximum atomic E-state index is 13.6. The second-order valence-corrected chi connectivity index (χ2v) is 12.9. The molecule has 0 N–H and O–H groups in total. The van der Waals surface area contributed by atoms with E-state index in [0.29, 0.717) is 5.71 Å². The van der Waals surface area contributed by atoms with Crippen LogP contribution in [0, 0.1) is 24.7 Å². The summed E-state index contributed by atoms with van der Waals surface area (Å²) in [7, 11) is 0. The molecule has 1 fully saturated rings. The molecule has 0 atom stereocenters. The van der Waals surface area contributed by atoms with Gasteiger partial charge in [0.15, 0.2) is 0 Å². The molecule has 0 radical (unpaired) electrons. The highest BCUT2D eigenvalue weighted by Gasteiger charge is 2.51. The van der Waals surface area contributed by atoms with Gasteiger partial charge in [-0.2, -0.15) is 13.2 Å². The SMILES string of the molecule is Cc1cc(-c2ccc3c(C)cccc3n2)c2oc3nc(C4CCC(C)(CC(C)(C)C(F)(F)F)CC4)ccc3c2c1. The summed E-state index contributed by atoms with van der Waals surface area (Å²) in [4.78, 5) is 9.92. The van der Waals surface area contributed by atoms with Crippen LogP contribution < -0.4 is 0 Å². The largest absolute Gasteiger partial charge is 0.437 e. The first-order valence-corrected chi connectivity index (χ1v) is 14.1. The van der Waals surface area contributed by atoms with Crippen molar-refractivity contribution >= 4 is 33.0 Å². The molecule has 1 aliphatic rings. The average molecular weight is 545 g/mol. The van der Waals surface area contributed by atoms with Crippen LogP contribution in [-0.2, 0) is 0 Å². The van der Waals surface area contributed by atoms with Crippen molar-refractivity contribution in [1.29, 1.82) is 0 Å². The van der Waals surface area contributed by atoms with E-state index in [4.69, 9.17) is 14.4 Å². The van der Waals surface area contributed by atoms with Crippen molar-refractivity contribution < 1.29 is 17.6 Å². The van der Waals surface area contributed by atoms with Crippen molar-refractivity contribution in [2.45, 2.75) is 78.8 Å². The van der Waals surface area contributed by atoms with Crippen molar-refractivity contribution in [2.75, 3.05) is 0 Å². The summed E-state index contributed by atoms with van der Waals surface area (Å²) in [5.74, 6) is 0.214. The fraction of sp³-hybridized carbons (Fsp3) is 0.412. The number of furan rings is 1. The molecule has 208 valence electrons. The van der Waals surface area contributed by atoms with Crippen LogP contribution in [-0.4, -0.2) is 16.1 Å². The molecule has 0 saturated heterocycles. The highest BCUT2D eigenvalue weighted by Crippen LogP contribution is 2.52. The van der Waals surface area contributed by atoms with Gasteiger partial charge in [0.05, 0.1) is 16.6 Å². The number of halogens is 3. The van der Waals surface area contributed by atoms with Gasteiger partial charge < -0.3 is 4.42 Å². The van der Waals surface area contributed by atoms with Gasteiger partial charge in [-0.3, -0.25) is 0 Å². The Morgan fingerprint density at radius 3 is 2.35 bits per heavy atom. The van der Waals surface area contributed by atoms with Crippen molar-refractivity contribution in [3.8, 4) is 11.3 Å². The molecule has 40 heavy (non-hydrogen) atoms. The van der Waals surface area contributed by atoms with Crippen molar-refractivity contribution in [3.05, 3.63) is 71.4 Å². The number of rotatable bonds is 4. The second kappa shape index (κ2) is 9.32. The van der Waals surface area contributed by atoms with E-state index >= 15 is 0 Å². The fourth-order valence-corrected chi connectivity index (χ4v) is 6.75. The Morgan fingerprint density at radius 1 is 0.900 bits per heavy atom. The van der Waals surface area contributed by atoms with Crippen LogP contribution in [0.15, 0.2) is 59.0 Å². The van der Waals surface area contributed by atoms with Crippen molar-refractivity contribution in [1.82, 2.24) is 9.97 Å². The number of pyridine rings is 2. The first-order valence-electron chi connectivity index (χ1n) is 14.1. The van der Waals surface area contributed by atoms with Gasteiger partial charge in [0.2, 0.25) is 5.71 Å².